The molecule has 1 unspecified atom stereocenters. The average Bonchev–Trinajstić information content (AvgIpc) is 3.45. The fourth-order valence-corrected chi connectivity index (χ4v) is 5.29. The summed E-state index contributed by atoms with van der Waals surface area (Å²) < 4.78 is 5.59. The first-order valence-electron chi connectivity index (χ1n) is 11.7. The Hall–Kier alpha value is -1.46. The summed E-state index contributed by atoms with van der Waals surface area (Å²) in [5.74, 6) is 0.241. The third-order valence-electron chi connectivity index (χ3n) is 7.50. The summed E-state index contributed by atoms with van der Waals surface area (Å²) in [6.07, 6.45) is 18.4. The van der Waals surface area contributed by atoms with Crippen LogP contribution in [-0.4, -0.2) is 41.3 Å². The van der Waals surface area contributed by atoms with Gasteiger partial charge in [-0.05, 0) is 56.3 Å². The number of aliphatic hydroxyl groups is 1. The third kappa shape index (κ3) is 6.04. The number of carbonyl (C=O) groups excluding carboxylic acids is 1. The molecule has 0 aliphatic heterocycles. The highest BCUT2D eigenvalue weighted by molar-refractivity contribution is 5.84. The fraction of sp³-hybridized carbons (Fsp3) is 0.760. The molecule has 0 heterocycles. The molecule has 0 radical (unpaired) electrons. The van der Waals surface area contributed by atoms with Crippen LogP contribution in [0.2, 0.25) is 0 Å². The minimum atomic E-state index is -0.773. The Morgan fingerprint density at radius 2 is 2.03 bits per heavy atom. The average molecular weight is 419 g/mol. The summed E-state index contributed by atoms with van der Waals surface area (Å²) in [7, 11) is 1.66. The summed E-state index contributed by atoms with van der Waals surface area (Å²) in [5, 5.41) is 19.6. The van der Waals surface area contributed by atoms with Gasteiger partial charge in [0, 0.05) is 31.8 Å². The Kier molecular flexibility index (Phi) is 8.29. The quantitative estimate of drug-likeness (QED) is 0.335. The van der Waals surface area contributed by atoms with Crippen LogP contribution in [0, 0.1) is 23.2 Å². The number of hydrogen-bond acceptors (Lipinski definition) is 4. The van der Waals surface area contributed by atoms with E-state index >= 15 is 0 Å². The first-order chi connectivity index (χ1) is 14.4. The van der Waals surface area contributed by atoms with Gasteiger partial charge in [0.05, 0.1) is 12.2 Å². The van der Waals surface area contributed by atoms with Crippen molar-refractivity contribution in [2.45, 2.75) is 89.3 Å². The highest BCUT2D eigenvalue weighted by atomic mass is 16.5. The number of hydrogen-bond donors (Lipinski definition) is 2. The number of carbonyl (C=O) groups is 2. The van der Waals surface area contributed by atoms with E-state index in [4.69, 9.17) is 9.84 Å². The number of allylic oxidation sites excluding steroid dienone is 2. The molecule has 168 valence electrons. The molecule has 0 aromatic carbocycles. The molecule has 0 saturated heterocycles. The number of aliphatic hydroxyl groups excluding tert-OH is 1. The maximum Gasteiger partial charge on any atom is 0.303 e. The highest BCUT2D eigenvalue weighted by Crippen LogP contribution is 2.53. The van der Waals surface area contributed by atoms with E-state index in [-0.39, 0.29) is 41.7 Å². The molecule has 4 atom stereocenters. The van der Waals surface area contributed by atoms with Gasteiger partial charge in [0.1, 0.15) is 5.78 Å². The third-order valence-corrected chi connectivity index (χ3v) is 7.50. The van der Waals surface area contributed by atoms with Gasteiger partial charge < -0.3 is 14.9 Å². The monoisotopic (exact) mass is 418 g/mol. The molecule has 5 heteroatoms. The Morgan fingerprint density at radius 1 is 1.27 bits per heavy atom. The van der Waals surface area contributed by atoms with E-state index in [0.29, 0.717) is 25.7 Å². The largest absolute Gasteiger partial charge is 0.481 e. The van der Waals surface area contributed by atoms with E-state index in [1.807, 2.05) is 12.2 Å². The first-order valence-corrected chi connectivity index (χ1v) is 11.7. The molecule has 0 amide bonds. The normalized spacial score (nSPS) is 29.5. The maximum absolute atomic E-state index is 12.5. The van der Waals surface area contributed by atoms with Gasteiger partial charge in [-0.2, -0.15) is 0 Å². The van der Waals surface area contributed by atoms with Gasteiger partial charge in [-0.3, -0.25) is 9.59 Å². The van der Waals surface area contributed by atoms with Crippen LogP contribution in [0.5, 0.6) is 0 Å². The van der Waals surface area contributed by atoms with Crippen LogP contribution < -0.4 is 0 Å². The van der Waals surface area contributed by atoms with E-state index in [0.717, 1.165) is 25.2 Å². The van der Waals surface area contributed by atoms with Crippen LogP contribution in [0.1, 0.15) is 77.0 Å². The van der Waals surface area contributed by atoms with Crippen LogP contribution in [0.25, 0.3) is 0 Å². The van der Waals surface area contributed by atoms with Crippen LogP contribution in [-0.2, 0) is 14.3 Å². The Morgan fingerprint density at radius 3 is 2.63 bits per heavy atom. The van der Waals surface area contributed by atoms with Gasteiger partial charge >= 0.3 is 5.97 Å². The molecule has 0 aromatic rings. The molecule has 3 rings (SSSR count). The van der Waals surface area contributed by atoms with Crippen molar-refractivity contribution in [2.24, 2.45) is 23.2 Å². The molecule has 3 aliphatic carbocycles. The van der Waals surface area contributed by atoms with Gasteiger partial charge in [0.2, 0.25) is 0 Å². The van der Waals surface area contributed by atoms with Crippen molar-refractivity contribution < 1.29 is 24.5 Å². The lowest BCUT2D eigenvalue weighted by atomic mass is 9.61. The summed E-state index contributed by atoms with van der Waals surface area (Å²) in [5.41, 5.74) is 0.135. The molecule has 0 aromatic heterocycles. The minimum Gasteiger partial charge on any atom is -0.481 e. The number of methoxy groups -OCH3 is 1. The van der Waals surface area contributed by atoms with Crippen LogP contribution in [0.15, 0.2) is 24.3 Å². The van der Waals surface area contributed by atoms with Gasteiger partial charge in [-0.1, -0.05) is 43.6 Å². The zero-order valence-corrected chi connectivity index (χ0v) is 18.3. The second-order valence-corrected chi connectivity index (χ2v) is 9.66. The second kappa shape index (κ2) is 10.7. The van der Waals surface area contributed by atoms with Crippen LogP contribution >= 0.6 is 0 Å². The van der Waals surface area contributed by atoms with Crippen molar-refractivity contribution in [2.75, 3.05) is 7.11 Å². The lowest BCUT2D eigenvalue weighted by molar-refractivity contribution is -0.137. The van der Waals surface area contributed by atoms with Gasteiger partial charge in [0.15, 0.2) is 0 Å². The van der Waals surface area contributed by atoms with Crippen LogP contribution in [0.4, 0.5) is 0 Å². The number of ketones is 1. The minimum absolute atomic E-state index is 0.0409. The summed E-state index contributed by atoms with van der Waals surface area (Å²) in [6.45, 7) is 0. The SMILES string of the molecule is CO[C@@H]1CC(=O)[C@H](C/C=C\CCCC(=O)O)[C@H]1/C=C/CC(O)C1(CC2CC2)CCC1. The van der Waals surface area contributed by atoms with Crippen molar-refractivity contribution in [3.8, 4) is 0 Å². The molecule has 2 N–H and O–H groups in total. The number of unbranched alkanes of at least 4 members (excludes halogenated alkanes) is 1. The molecule has 0 bridgehead atoms. The smallest absolute Gasteiger partial charge is 0.303 e. The zero-order chi connectivity index (χ0) is 21.6. The molecule has 3 aliphatic rings. The molecular formula is C25H38O5. The lowest BCUT2D eigenvalue weighted by Crippen LogP contribution is -2.41. The molecule has 5 nitrogen and oxygen atoms in total. The fourth-order valence-electron chi connectivity index (χ4n) is 5.29. The van der Waals surface area contributed by atoms with Crippen molar-refractivity contribution in [3.05, 3.63) is 24.3 Å². The Bertz CT molecular complexity index is 644. The van der Waals surface area contributed by atoms with Crippen LogP contribution in [0.3, 0.4) is 0 Å². The first kappa shape index (κ1) is 23.2. The molecule has 0 spiro atoms. The number of carboxylic acid groups (broad SMARTS) is 1. The Balaban J connectivity index is 1.52. The second-order valence-electron chi connectivity index (χ2n) is 9.66. The molecule has 30 heavy (non-hydrogen) atoms. The predicted molar refractivity (Wildman–Crippen MR) is 116 cm³/mol. The van der Waals surface area contributed by atoms with E-state index in [1.165, 1.54) is 25.7 Å². The van der Waals surface area contributed by atoms with Crippen molar-refractivity contribution in [3.63, 3.8) is 0 Å². The van der Waals surface area contributed by atoms with Crippen molar-refractivity contribution >= 4 is 11.8 Å². The lowest BCUT2D eigenvalue weighted by Gasteiger charge is -2.46. The molecule has 3 fully saturated rings. The topological polar surface area (TPSA) is 83.8 Å². The summed E-state index contributed by atoms with van der Waals surface area (Å²) >= 11 is 0. The van der Waals surface area contributed by atoms with E-state index < -0.39 is 5.97 Å². The number of carboxylic acids is 1. The van der Waals surface area contributed by atoms with Gasteiger partial charge in [-0.15, -0.1) is 0 Å². The van der Waals surface area contributed by atoms with Crippen molar-refractivity contribution in [1.82, 2.24) is 0 Å². The summed E-state index contributed by atoms with van der Waals surface area (Å²) in [4.78, 5) is 23.1. The van der Waals surface area contributed by atoms with Gasteiger partial charge in [-0.25, -0.2) is 0 Å². The molecular weight excluding hydrogens is 380 g/mol. The number of Topliss-reactive ketones (excluding diaryl/α,β-unsaturated/α-hetero) is 1. The Labute approximate surface area is 180 Å². The van der Waals surface area contributed by atoms with Gasteiger partial charge in [0.25, 0.3) is 0 Å². The van der Waals surface area contributed by atoms with E-state index in [2.05, 4.69) is 12.2 Å². The van der Waals surface area contributed by atoms with Crippen molar-refractivity contribution in [1.29, 1.82) is 0 Å². The number of aliphatic carboxylic acids is 1. The molecule has 3 saturated carbocycles. The number of rotatable bonds is 13. The number of ether oxygens (including phenoxy) is 1. The highest BCUT2D eigenvalue weighted by Gasteiger charge is 2.46. The predicted octanol–water partition coefficient (Wildman–Crippen LogP) is 4.69. The van der Waals surface area contributed by atoms with E-state index in [1.54, 1.807) is 7.11 Å². The maximum atomic E-state index is 12.5. The standard InChI is InChI=1S/C25H38O5/c1-30-22-16-21(26)19(8-4-2-3-5-11-24(28)29)20(22)9-6-10-23(27)25(14-7-15-25)17-18-12-13-18/h2,4,6,9,18-20,22-23,27H,3,5,7-8,10-17H2,1H3,(H,28,29)/b4-2-,9-6+/t19-,20-,22-,23?/m1/s1. The zero-order valence-electron chi connectivity index (χ0n) is 18.3. The van der Waals surface area contributed by atoms with E-state index in [9.17, 15) is 14.7 Å². The summed E-state index contributed by atoms with van der Waals surface area (Å²) in [6, 6.07) is 0.